The van der Waals surface area contributed by atoms with Crippen LogP contribution in [0, 0.1) is 5.41 Å². The maximum absolute atomic E-state index is 10.9. The lowest BCUT2D eigenvalue weighted by molar-refractivity contribution is -0.0122. The Hall–Kier alpha value is -1.95. The van der Waals surface area contributed by atoms with Gasteiger partial charge in [-0.25, -0.2) is 4.98 Å². The van der Waals surface area contributed by atoms with E-state index in [2.05, 4.69) is 20.3 Å². The van der Waals surface area contributed by atoms with Gasteiger partial charge < -0.3 is 34.8 Å². The minimum atomic E-state index is -4.40. The third-order valence-electron chi connectivity index (χ3n) is 4.06. The van der Waals surface area contributed by atoms with Gasteiger partial charge in [0, 0.05) is 6.54 Å². The molecular weight excluding hydrogens is 441 g/mol. The monoisotopic (exact) mass is 463 g/mol. The number of anilines is 1. The first-order valence-corrected chi connectivity index (χ1v) is 11.1. The molecule has 2 aromatic heterocycles. The molecule has 30 heavy (non-hydrogen) atoms. The van der Waals surface area contributed by atoms with E-state index in [1.807, 2.05) is 20.8 Å². The lowest BCUT2D eigenvalue weighted by Gasteiger charge is -2.19. The van der Waals surface area contributed by atoms with Crippen molar-refractivity contribution in [3.63, 3.8) is 0 Å². The molecule has 0 aromatic carbocycles. The summed E-state index contributed by atoms with van der Waals surface area (Å²) in [5, 5.41) is 23.7. The largest absolute Gasteiger partial charge is 0.485 e. The number of rotatable bonds is 6. The van der Waals surface area contributed by atoms with Crippen LogP contribution in [0.3, 0.4) is 0 Å². The van der Waals surface area contributed by atoms with Crippen molar-refractivity contribution >= 4 is 36.2 Å². The molecule has 0 bridgehead atoms. The van der Waals surface area contributed by atoms with Gasteiger partial charge in [-0.05, 0) is 17.0 Å². The van der Waals surface area contributed by atoms with Crippen molar-refractivity contribution in [1.29, 1.82) is 0 Å². The number of nitrogens with one attached hydrogen (secondary N) is 1. The zero-order chi connectivity index (χ0) is 22.3. The van der Waals surface area contributed by atoms with Crippen molar-refractivity contribution in [3.05, 3.63) is 23.6 Å². The number of nitrogens with zero attached hydrogens (tertiary/aromatic N) is 4. The molecule has 1 aliphatic rings. The second-order valence-electron chi connectivity index (χ2n) is 8.00. The molecule has 3 rings (SSSR count). The Labute approximate surface area is 176 Å². The Kier molecular flexibility index (Phi) is 6.28. The van der Waals surface area contributed by atoms with Gasteiger partial charge in [0.25, 0.3) is 0 Å². The van der Waals surface area contributed by atoms with E-state index in [0.717, 1.165) is 6.26 Å². The molecule has 12 nitrogen and oxygen atoms in total. The summed E-state index contributed by atoms with van der Waals surface area (Å²) in [5.74, 6) is 0.210. The number of hydrogen-bond donors (Lipinski definition) is 5. The molecule has 5 N–H and O–H groups in total. The highest BCUT2D eigenvalue weighted by Gasteiger charge is 2.42. The zero-order valence-corrected chi connectivity index (χ0v) is 18.1. The van der Waals surface area contributed by atoms with Crippen LogP contribution >= 0.6 is 19.2 Å². The number of aliphatic hydroxyl groups excluding tert-OH is 2. The molecule has 3 heterocycles. The smallest absolute Gasteiger partial charge is 0.362 e. The van der Waals surface area contributed by atoms with Crippen LogP contribution in [0.25, 0.3) is 11.2 Å². The number of ether oxygens (including phenoxy) is 2. The van der Waals surface area contributed by atoms with Gasteiger partial charge in [0.2, 0.25) is 11.5 Å². The van der Waals surface area contributed by atoms with E-state index in [4.69, 9.17) is 30.9 Å². The molecule has 0 spiro atoms. The standard InChI is InChI=1S/C16H23ClN5O7P/c1-16(2,3)5-18-12-9-13(21-15(17)20-12)22(6-19-9)14-11(24)10(23)8(29-14)4-28-7-30(25,26)27/h4,6,10-11,14,23-24H,5,7H2,1-3H3,(H,18,20,21)(H2,25,26,27)/t10-,11-,14-/m1/s1. The number of imidazole rings is 1. The van der Waals surface area contributed by atoms with Gasteiger partial charge in [-0.15, -0.1) is 0 Å². The van der Waals surface area contributed by atoms with E-state index in [1.165, 1.54) is 10.9 Å². The van der Waals surface area contributed by atoms with E-state index in [9.17, 15) is 14.8 Å². The fourth-order valence-electron chi connectivity index (χ4n) is 2.69. The number of fused-ring (bicyclic) bond motifs is 1. The van der Waals surface area contributed by atoms with Crippen LogP contribution in [0.15, 0.2) is 18.3 Å². The highest BCUT2D eigenvalue weighted by molar-refractivity contribution is 7.51. The Balaban J connectivity index is 1.88. The third kappa shape index (κ3) is 5.20. The van der Waals surface area contributed by atoms with Crippen LogP contribution in [-0.2, 0) is 14.0 Å². The van der Waals surface area contributed by atoms with Crippen LogP contribution < -0.4 is 5.32 Å². The molecule has 0 radical (unpaired) electrons. The first kappa shape index (κ1) is 22.7. The summed E-state index contributed by atoms with van der Waals surface area (Å²) in [6.07, 6.45) is -2.72. The molecule has 1 aliphatic heterocycles. The van der Waals surface area contributed by atoms with E-state index in [0.29, 0.717) is 17.9 Å². The van der Waals surface area contributed by atoms with E-state index in [1.54, 1.807) is 0 Å². The van der Waals surface area contributed by atoms with Crippen molar-refractivity contribution in [1.82, 2.24) is 19.5 Å². The molecule has 2 aromatic rings. The number of aromatic nitrogens is 4. The van der Waals surface area contributed by atoms with Crippen molar-refractivity contribution in [3.8, 4) is 0 Å². The summed E-state index contributed by atoms with van der Waals surface area (Å²) < 4.78 is 22.5. The van der Waals surface area contributed by atoms with Crippen molar-refractivity contribution < 1.29 is 34.0 Å². The van der Waals surface area contributed by atoms with Gasteiger partial charge in [0.15, 0.2) is 29.1 Å². The van der Waals surface area contributed by atoms with Crippen molar-refractivity contribution in [2.45, 2.75) is 39.2 Å². The Morgan fingerprint density at radius 3 is 2.70 bits per heavy atom. The summed E-state index contributed by atoms with van der Waals surface area (Å²) in [5.41, 5.74) is 0.623. The zero-order valence-electron chi connectivity index (χ0n) is 16.4. The van der Waals surface area contributed by atoms with Gasteiger partial charge >= 0.3 is 7.60 Å². The molecule has 0 unspecified atom stereocenters. The molecule has 0 amide bonds. The van der Waals surface area contributed by atoms with Gasteiger partial charge in [-0.3, -0.25) is 9.13 Å². The lowest BCUT2D eigenvalue weighted by Crippen LogP contribution is -2.27. The second kappa shape index (κ2) is 8.29. The highest BCUT2D eigenvalue weighted by atomic mass is 35.5. The molecule has 3 atom stereocenters. The number of halogens is 1. The van der Waals surface area contributed by atoms with Crippen molar-refractivity contribution in [2.24, 2.45) is 5.41 Å². The predicted octanol–water partition coefficient (Wildman–Crippen LogP) is 1.18. The summed E-state index contributed by atoms with van der Waals surface area (Å²) in [6, 6.07) is 0. The van der Waals surface area contributed by atoms with E-state index in [-0.39, 0.29) is 22.1 Å². The Bertz CT molecular complexity index is 1000. The highest BCUT2D eigenvalue weighted by Crippen LogP contribution is 2.37. The molecule has 0 saturated carbocycles. The minimum absolute atomic E-state index is 0.0338. The van der Waals surface area contributed by atoms with Gasteiger partial charge in [-0.2, -0.15) is 9.97 Å². The second-order valence-corrected chi connectivity index (χ2v) is 9.93. The Morgan fingerprint density at radius 1 is 1.37 bits per heavy atom. The Morgan fingerprint density at radius 2 is 2.07 bits per heavy atom. The fraction of sp³-hybridized carbons (Fsp3) is 0.562. The summed E-state index contributed by atoms with van der Waals surface area (Å²) >= 11 is 6.05. The number of aliphatic hydroxyl groups is 2. The molecular formula is C16H23ClN5O7P. The van der Waals surface area contributed by atoms with Gasteiger partial charge in [-0.1, -0.05) is 20.8 Å². The normalized spacial score (nSPS) is 23.7. The minimum Gasteiger partial charge on any atom is -0.485 e. The van der Waals surface area contributed by atoms with Crippen LogP contribution in [0.4, 0.5) is 5.82 Å². The first-order chi connectivity index (χ1) is 13.9. The van der Waals surface area contributed by atoms with Gasteiger partial charge in [0.05, 0.1) is 0 Å². The predicted molar refractivity (Wildman–Crippen MR) is 106 cm³/mol. The quantitative estimate of drug-likeness (QED) is 0.236. The summed E-state index contributed by atoms with van der Waals surface area (Å²) in [7, 11) is -4.40. The molecule has 1 saturated heterocycles. The average Bonchev–Trinajstić information content (AvgIpc) is 3.14. The van der Waals surface area contributed by atoms with Crippen LogP contribution in [-0.4, -0.2) is 64.6 Å². The number of hydrogen-bond acceptors (Lipinski definition) is 9. The van der Waals surface area contributed by atoms with E-state index < -0.39 is 32.4 Å². The maximum atomic E-state index is 10.9. The van der Waals surface area contributed by atoms with E-state index >= 15 is 0 Å². The van der Waals surface area contributed by atoms with Crippen molar-refractivity contribution in [2.75, 3.05) is 18.2 Å². The van der Waals surface area contributed by atoms with Crippen LogP contribution in [0.2, 0.25) is 5.28 Å². The fourth-order valence-corrected chi connectivity index (χ4v) is 3.12. The average molecular weight is 464 g/mol. The van der Waals surface area contributed by atoms with Crippen LogP contribution in [0.5, 0.6) is 0 Å². The summed E-state index contributed by atoms with van der Waals surface area (Å²) in [4.78, 5) is 30.3. The van der Waals surface area contributed by atoms with Gasteiger partial charge in [0.1, 0.15) is 24.8 Å². The first-order valence-electron chi connectivity index (χ1n) is 8.89. The third-order valence-corrected chi connectivity index (χ3v) is 4.72. The molecule has 14 heteroatoms. The maximum Gasteiger partial charge on any atom is 0.362 e. The SMILES string of the molecule is CC(C)(C)CNc1nc(Cl)nc2c1ncn2[C@@H]1OC(=COCP(=O)(O)O)[C@@H](O)[C@H]1O. The lowest BCUT2D eigenvalue weighted by atomic mass is 9.97. The molecule has 166 valence electrons. The summed E-state index contributed by atoms with van der Waals surface area (Å²) in [6.45, 7) is 6.73. The topological polar surface area (TPSA) is 172 Å². The molecule has 0 aliphatic carbocycles. The van der Waals surface area contributed by atoms with Crippen LogP contribution in [0.1, 0.15) is 27.0 Å². The molecule has 1 fully saturated rings.